The molecule has 0 fully saturated rings. The maximum Gasteiger partial charge on any atom is 0.139 e. The zero-order valence-electron chi connectivity index (χ0n) is 11.9. The van der Waals surface area contributed by atoms with Gasteiger partial charge in [-0.15, -0.1) is 0 Å². The van der Waals surface area contributed by atoms with Crippen LogP contribution in [0, 0.1) is 0 Å². The van der Waals surface area contributed by atoms with Crippen LogP contribution in [0.1, 0.15) is 0 Å². The van der Waals surface area contributed by atoms with Crippen LogP contribution in [0.4, 0.5) is 0 Å². The summed E-state index contributed by atoms with van der Waals surface area (Å²) in [5.41, 5.74) is 2.68. The van der Waals surface area contributed by atoms with E-state index in [0.717, 1.165) is 27.8 Å². The first kappa shape index (κ1) is 13.2. The number of ether oxygens (including phenoxy) is 1. The second-order valence-electron chi connectivity index (χ2n) is 5.12. The minimum Gasteiger partial charge on any atom is -0.497 e. The number of halogens is 1. The molecule has 0 aliphatic rings. The van der Waals surface area contributed by atoms with Crippen LogP contribution in [0.2, 0.25) is 5.02 Å². The number of benzene rings is 3. The molecule has 4 rings (SSSR count). The first-order valence-electron chi connectivity index (χ1n) is 6.97. The fourth-order valence-corrected chi connectivity index (χ4v) is 2.98. The number of aromatic amines is 1. The van der Waals surface area contributed by atoms with E-state index in [-0.39, 0.29) is 0 Å². The summed E-state index contributed by atoms with van der Waals surface area (Å²) in [7, 11) is 1.62. The van der Waals surface area contributed by atoms with Gasteiger partial charge in [-0.2, -0.15) is 0 Å². The highest BCUT2D eigenvalue weighted by Crippen LogP contribution is 2.32. The normalized spacial score (nSPS) is 11.2. The lowest BCUT2D eigenvalue weighted by Crippen LogP contribution is -1.83. The molecule has 108 valence electrons. The van der Waals surface area contributed by atoms with Crippen LogP contribution >= 0.6 is 11.6 Å². The van der Waals surface area contributed by atoms with E-state index in [0.29, 0.717) is 10.8 Å². The first-order chi connectivity index (χ1) is 10.8. The van der Waals surface area contributed by atoms with Crippen molar-refractivity contribution < 1.29 is 4.74 Å². The van der Waals surface area contributed by atoms with Gasteiger partial charge in [0.05, 0.1) is 17.6 Å². The largest absolute Gasteiger partial charge is 0.497 e. The standard InChI is InChI=1S/C18H13ClN2O/c1-22-12-9-15(19)17-16(10-12)20-18(21-17)14-8-4-6-11-5-2-3-7-13(11)14/h2-10H,1H3,(H,20,21). The van der Waals surface area contributed by atoms with Crippen molar-refractivity contribution in [1.29, 1.82) is 0 Å². The van der Waals surface area contributed by atoms with Crippen LogP contribution < -0.4 is 4.74 Å². The quantitative estimate of drug-likeness (QED) is 0.563. The number of aromatic nitrogens is 2. The number of rotatable bonds is 2. The van der Waals surface area contributed by atoms with E-state index in [2.05, 4.69) is 34.2 Å². The minimum atomic E-state index is 0.581. The number of methoxy groups -OCH3 is 1. The fourth-order valence-electron chi connectivity index (χ4n) is 2.73. The van der Waals surface area contributed by atoms with Gasteiger partial charge >= 0.3 is 0 Å². The van der Waals surface area contributed by atoms with E-state index >= 15 is 0 Å². The molecule has 22 heavy (non-hydrogen) atoms. The Morgan fingerprint density at radius 2 is 1.86 bits per heavy atom. The monoisotopic (exact) mass is 308 g/mol. The average molecular weight is 309 g/mol. The molecule has 4 aromatic rings. The van der Waals surface area contributed by atoms with Crippen LogP contribution in [-0.2, 0) is 0 Å². The molecule has 3 nitrogen and oxygen atoms in total. The lowest BCUT2D eigenvalue weighted by Gasteiger charge is -2.03. The molecule has 0 saturated heterocycles. The lowest BCUT2D eigenvalue weighted by molar-refractivity contribution is 0.415. The smallest absolute Gasteiger partial charge is 0.139 e. The summed E-state index contributed by atoms with van der Waals surface area (Å²) in [4.78, 5) is 8.01. The lowest BCUT2D eigenvalue weighted by atomic mass is 10.0. The Labute approximate surface area is 132 Å². The van der Waals surface area contributed by atoms with Crippen molar-refractivity contribution in [3.63, 3.8) is 0 Å². The molecule has 0 aliphatic carbocycles. The molecule has 0 saturated carbocycles. The van der Waals surface area contributed by atoms with Crippen LogP contribution in [0.15, 0.2) is 54.6 Å². The van der Waals surface area contributed by atoms with Gasteiger partial charge < -0.3 is 9.72 Å². The number of imidazole rings is 1. The van der Waals surface area contributed by atoms with E-state index in [4.69, 9.17) is 16.3 Å². The summed E-state index contributed by atoms with van der Waals surface area (Å²) in [6.45, 7) is 0. The number of H-pyrrole nitrogens is 1. The summed E-state index contributed by atoms with van der Waals surface area (Å²) in [5.74, 6) is 1.52. The van der Waals surface area contributed by atoms with Crippen molar-refractivity contribution in [2.24, 2.45) is 0 Å². The number of nitrogens with one attached hydrogen (secondary N) is 1. The summed E-state index contributed by atoms with van der Waals surface area (Å²) in [6, 6.07) is 18.1. The number of hydrogen-bond acceptors (Lipinski definition) is 2. The average Bonchev–Trinajstić information content (AvgIpc) is 2.98. The molecule has 0 radical (unpaired) electrons. The third kappa shape index (κ3) is 2.02. The molecule has 4 heteroatoms. The molecule has 3 aromatic carbocycles. The minimum absolute atomic E-state index is 0.581. The van der Waals surface area contributed by atoms with Crippen molar-refractivity contribution in [3.05, 3.63) is 59.6 Å². The molecule has 1 heterocycles. The highest BCUT2D eigenvalue weighted by Gasteiger charge is 2.12. The molecule has 0 bridgehead atoms. The number of nitrogens with zero attached hydrogens (tertiary/aromatic N) is 1. The Kier molecular flexibility index (Phi) is 3.01. The van der Waals surface area contributed by atoms with E-state index < -0.39 is 0 Å². The van der Waals surface area contributed by atoms with Crippen molar-refractivity contribution >= 4 is 33.4 Å². The van der Waals surface area contributed by atoms with Gasteiger partial charge in [0.25, 0.3) is 0 Å². The maximum atomic E-state index is 6.30. The van der Waals surface area contributed by atoms with Gasteiger partial charge in [-0.25, -0.2) is 4.98 Å². The Hall–Kier alpha value is -2.52. The van der Waals surface area contributed by atoms with Gasteiger partial charge in [-0.3, -0.25) is 0 Å². The van der Waals surface area contributed by atoms with E-state index in [1.165, 1.54) is 5.39 Å². The van der Waals surface area contributed by atoms with Gasteiger partial charge in [-0.1, -0.05) is 54.1 Å². The predicted octanol–water partition coefficient (Wildman–Crippen LogP) is 5.05. The van der Waals surface area contributed by atoms with Crippen LogP contribution in [0.25, 0.3) is 33.2 Å². The fraction of sp³-hybridized carbons (Fsp3) is 0.0556. The van der Waals surface area contributed by atoms with Crippen LogP contribution in [0.5, 0.6) is 5.75 Å². The van der Waals surface area contributed by atoms with Crippen LogP contribution in [-0.4, -0.2) is 17.1 Å². The van der Waals surface area contributed by atoms with Gasteiger partial charge in [-0.05, 0) is 10.8 Å². The Balaban J connectivity index is 1.99. The van der Waals surface area contributed by atoms with Gasteiger partial charge in [0, 0.05) is 17.7 Å². The molecular weight excluding hydrogens is 296 g/mol. The van der Waals surface area contributed by atoms with Crippen molar-refractivity contribution in [2.45, 2.75) is 0 Å². The zero-order chi connectivity index (χ0) is 15.1. The Bertz CT molecular complexity index is 986. The third-order valence-corrected chi connectivity index (χ3v) is 4.08. The molecule has 0 spiro atoms. The van der Waals surface area contributed by atoms with Gasteiger partial charge in [0.15, 0.2) is 0 Å². The first-order valence-corrected chi connectivity index (χ1v) is 7.35. The van der Waals surface area contributed by atoms with Gasteiger partial charge in [0.2, 0.25) is 0 Å². The predicted molar refractivity (Wildman–Crippen MR) is 90.6 cm³/mol. The molecule has 1 N–H and O–H groups in total. The highest BCUT2D eigenvalue weighted by molar-refractivity contribution is 6.35. The number of hydrogen-bond donors (Lipinski definition) is 1. The SMILES string of the molecule is COc1cc(Cl)c2nc(-c3cccc4ccccc34)[nH]c2c1. The van der Waals surface area contributed by atoms with Crippen LogP contribution in [0.3, 0.4) is 0 Å². The summed E-state index contributed by atoms with van der Waals surface area (Å²) < 4.78 is 5.26. The van der Waals surface area contributed by atoms with Crippen molar-refractivity contribution in [2.75, 3.05) is 7.11 Å². The van der Waals surface area contributed by atoms with E-state index in [1.54, 1.807) is 13.2 Å². The number of fused-ring (bicyclic) bond motifs is 2. The molecule has 0 aliphatic heterocycles. The Morgan fingerprint density at radius 3 is 2.73 bits per heavy atom. The van der Waals surface area contributed by atoms with Crippen molar-refractivity contribution in [3.8, 4) is 17.1 Å². The summed E-state index contributed by atoms with van der Waals surface area (Å²) in [6.07, 6.45) is 0. The molecule has 0 amide bonds. The Morgan fingerprint density at radius 1 is 1.05 bits per heavy atom. The summed E-state index contributed by atoms with van der Waals surface area (Å²) in [5, 5.41) is 2.92. The van der Waals surface area contributed by atoms with E-state index in [9.17, 15) is 0 Å². The second kappa shape index (κ2) is 5.04. The second-order valence-corrected chi connectivity index (χ2v) is 5.52. The zero-order valence-corrected chi connectivity index (χ0v) is 12.7. The molecular formula is C18H13ClN2O. The maximum absolute atomic E-state index is 6.30. The highest BCUT2D eigenvalue weighted by atomic mass is 35.5. The van der Waals surface area contributed by atoms with Crippen molar-refractivity contribution in [1.82, 2.24) is 9.97 Å². The topological polar surface area (TPSA) is 37.9 Å². The molecule has 1 aromatic heterocycles. The molecule has 0 atom stereocenters. The molecule has 0 unspecified atom stereocenters. The van der Waals surface area contributed by atoms with Gasteiger partial charge in [0.1, 0.15) is 17.1 Å². The summed E-state index contributed by atoms with van der Waals surface area (Å²) >= 11 is 6.30. The third-order valence-electron chi connectivity index (χ3n) is 3.79. The van der Waals surface area contributed by atoms with E-state index in [1.807, 2.05) is 24.3 Å².